The van der Waals surface area contributed by atoms with Crippen LogP contribution < -0.4 is 15.7 Å². The molecular formula is C20H25N3O3. The van der Waals surface area contributed by atoms with E-state index in [4.69, 9.17) is 5.21 Å². The number of rotatable bonds is 10. The van der Waals surface area contributed by atoms with Crippen LogP contribution in [0.3, 0.4) is 0 Å². The number of unbranched alkanes of at least 4 members (excludes halogenated alkanes) is 2. The van der Waals surface area contributed by atoms with Gasteiger partial charge in [-0.15, -0.1) is 0 Å². The average Bonchev–Trinajstić information content (AvgIpc) is 2.69. The van der Waals surface area contributed by atoms with E-state index in [1.54, 1.807) is 10.4 Å². The molecule has 0 aliphatic heterocycles. The van der Waals surface area contributed by atoms with Gasteiger partial charge in [0.15, 0.2) is 0 Å². The molecule has 0 saturated carbocycles. The quantitative estimate of drug-likeness (QED) is 0.348. The number of carbonyl (C=O) groups excluding carboxylic acids is 2. The maximum Gasteiger partial charge on any atom is 0.245 e. The van der Waals surface area contributed by atoms with Gasteiger partial charge >= 0.3 is 0 Å². The van der Waals surface area contributed by atoms with E-state index in [2.05, 4.69) is 5.32 Å². The summed E-state index contributed by atoms with van der Waals surface area (Å²) in [5, 5.41) is 11.6. The Balaban J connectivity index is 1.83. The summed E-state index contributed by atoms with van der Waals surface area (Å²) in [7, 11) is 0. The van der Waals surface area contributed by atoms with Crippen molar-refractivity contribution in [2.24, 2.45) is 0 Å². The number of nitrogens with zero attached hydrogens (tertiary/aromatic N) is 1. The van der Waals surface area contributed by atoms with Gasteiger partial charge in [0.2, 0.25) is 11.8 Å². The summed E-state index contributed by atoms with van der Waals surface area (Å²) < 4.78 is 0. The molecule has 0 atom stereocenters. The third-order valence-electron chi connectivity index (χ3n) is 3.94. The number of para-hydroxylation sites is 2. The van der Waals surface area contributed by atoms with Gasteiger partial charge in [-0.2, -0.15) is 0 Å². The summed E-state index contributed by atoms with van der Waals surface area (Å²) in [5.41, 5.74) is 3.29. The molecule has 2 aromatic carbocycles. The van der Waals surface area contributed by atoms with E-state index in [9.17, 15) is 9.59 Å². The molecule has 0 aliphatic rings. The van der Waals surface area contributed by atoms with Gasteiger partial charge in [0.1, 0.15) is 0 Å². The number of hydroxylamine groups is 1. The van der Waals surface area contributed by atoms with Crippen molar-refractivity contribution in [3.63, 3.8) is 0 Å². The molecule has 6 heteroatoms. The minimum Gasteiger partial charge on any atom is -0.308 e. The van der Waals surface area contributed by atoms with Gasteiger partial charge in [-0.3, -0.25) is 19.7 Å². The van der Waals surface area contributed by atoms with Crippen molar-refractivity contribution in [1.82, 2.24) is 10.8 Å². The monoisotopic (exact) mass is 355 g/mol. The first-order chi connectivity index (χ1) is 12.7. The van der Waals surface area contributed by atoms with Crippen LogP contribution in [0.2, 0.25) is 0 Å². The van der Waals surface area contributed by atoms with Gasteiger partial charge < -0.3 is 5.32 Å². The van der Waals surface area contributed by atoms with Gasteiger partial charge in [0, 0.05) is 17.8 Å². The summed E-state index contributed by atoms with van der Waals surface area (Å²) in [5.74, 6) is -0.392. The molecule has 0 radical (unpaired) electrons. The van der Waals surface area contributed by atoms with Crippen LogP contribution in [-0.4, -0.2) is 30.1 Å². The predicted octanol–water partition coefficient (Wildman–Crippen LogP) is 3.01. The Labute approximate surface area is 153 Å². The Bertz CT molecular complexity index is 638. The van der Waals surface area contributed by atoms with Gasteiger partial charge in [-0.05, 0) is 43.7 Å². The van der Waals surface area contributed by atoms with Crippen molar-refractivity contribution in [2.45, 2.75) is 25.7 Å². The molecule has 2 aromatic rings. The fourth-order valence-corrected chi connectivity index (χ4v) is 2.63. The van der Waals surface area contributed by atoms with E-state index in [0.29, 0.717) is 19.4 Å². The van der Waals surface area contributed by atoms with Crippen LogP contribution in [0.15, 0.2) is 60.7 Å². The molecule has 0 aromatic heterocycles. The normalized spacial score (nSPS) is 10.3. The Morgan fingerprint density at radius 1 is 0.846 bits per heavy atom. The maximum absolute atomic E-state index is 12.7. The zero-order valence-corrected chi connectivity index (χ0v) is 14.7. The number of anilines is 2. The van der Waals surface area contributed by atoms with E-state index in [1.165, 1.54) is 0 Å². The molecule has 2 amide bonds. The summed E-state index contributed by atoms with van der Waals surface area (Å²) in [4.78, 5) is 25.4. The first kappa shape index (κ1) is 19.6. The molecule has 0 heterocycles. The van der Waals surface area contributed by atoms with Crippen molar-refractivity contribution in [3.05, 3.63) is 60.7 Å². The molecule has 0 fully saturated rings. The highest BCUT2D eigenvalue weighted by Crippen LogP contribution is 2.24. The largest absolute Gasteiger partial charge is 0.308 e. The fourth-order valence-electron chi connectivity index (χ4n) is 2.63. The van der Waals surface area contributed by atoms with Crippen LogP contribution in [0.1, 0.15) is 25.7 Å². The van der Waals surface area contributed by atoms with Gasteiger partial charge in [0.05, 0.1) is 6.54 Å². The standard InChI is InChI=1S/C20H25N3O3/c24-19(22-26)14-8-3-9-15-21-16-20(25)23(17-10-4-1-5-11-17)18-12-6-2-7-13-18/h1-2,4-7,10-13,21,26H,3,8-9,14-16H2,(H,22,24). The molecular weight excluding hydrogens is 330 g/mol. The zero-order valence-electron chi connectivity index (χ0n) is 14.7. The van der Waals surface area contributed by atoms with Crippen molar-refractivity contribution in [1.29, 1.82) is 0 Å². The van der Waals surface area contributed by atoms with Crippen LogP contribution in [0.25, 0.3) is 0 Å². The van der Waals surface area contributed by atoms with E-state index in [0.717, 1.165) is 24.2 Å². The molecule has 0 aliphatic carbocycles. The van der Waals surface area contributed by atoms with Crippen LogP contribution in [-0.2, 0) is 9.59 Å². The van der Waals surface area contributed by atoms with Gasteiger partial charge in [-0.1, -0.05) is 42.8 Å². The lowest BCUT2D eigenvalue weighted by molar-refractivity contribution is -0.129. The molecule has 0 unspecified atom stereocenters. The number of benzene rings is 2. The second-order valence-electron chi connectivity index (χ2n) is 5.92. The second kappa shape index (κ2) is 11.0. The minimum atomic E-state index is -0.366. The number of nitrogens with one attached hydrogen (secondary N) is 2. The molecule has 0 saturated heterocycles. The topological polar surface area (TPSA) is 81.7 Å². The highest BCUT2D eigenvalue weighted by atomic mass is 16.5. The molecule has 6 nitrogen and oxygen atoms in total. The first-order valence-corrected chi connectivity index (χ1v) is 8.79. The fraction of sp³-hybridized carbons (Fsp3) is 0.300. The highest BCUT2D eigenvalue weighted by Gasteiger charge is 2.16. The van der Waals surface area contributed by atoms with Crippen LogP contribution >= 0.6 is 0 Å². The van der Waals surface area contributed by atoms with Crippen LogP contribution in [0.4, 0.5) is 11.4 Å². The minimum absolute atomic E-state index is 0.0259. The van der Waals surface area contributed by atoms with Gasteiger partial charge in [0.25, 0.3) is 0 Å². The summed E-state index contributed by atoms with van der Waals surface area (Å²) in [6.45, 7) is 0.935. The SMILES string of the molecule is O=C(CCCCCNCC(=O)N(c1ccccc1)c1ccccc1)NO. The average molecular weight is 355 g/mol. The zero-order chi connectivity index (χ0) is 18.6. The molecule has 138 valence electrons. The molecule has 3 N–H and O–H groups in total. The lowest BCUT2D eigenvalue weighted by Crippen LogP contribution is -2.35. The Morgan fingerprint density at radius 2 is 1.42 bits per heavy atom. The lowest BCUT2D eigenvalue weighted by Gasteiger charge is -2.23. The number of hydrogen-bond acceptors (Lipinski definition) is 4. The summed E-state index contributed by atoms with van der Waals surface area (Å²) >= 11 is 0. The van der Waals surface area contributed by atoms with E-state index in [1.807, 2.05) is 60.7 Å². The van der Waals surface area contributed by atoms with Crippen molar-refractivity contribution < 1.29 is 14.8 Å². The van der Waals surface area contributed by atoms with Crippen LogP contribution in [0, 0.1) is 0 Å². The molecule has 0 spiro atoms. The van der Waals surface area contributed by atoms with E-state index < -0.39 is 0 Å². The first-order valence-electron chi connectivity index (χ1n) is 8.79. The number of amides is 2. The molecule has 26 heavy (non-hydrogen) atoms. The van der Waals surface area contributed by atoms with Crippen molar-refractivity contribution in [2.75, 3.05) is 18.0 Å². The molecule has 2 rings (SSSR count). The van der Waals surface area contributed by atoms with Crippen molar-refractivity contribution >= 4 is 23.2 Å². The summed E-state index contributed by atoms with van der Waals surface area (Å²) in [6, 6.07) is 19.1. The third-order valence-corrected chi connectivity index (χ3v) is 3.94. The van der Waals surface area contributed by atoms with Crippen LogP contribution in [0.5, 0.6) is 0 Å². The van der Waals surface area contributed by atoms with Crippen molar-refractivity contribution in [3.8, 4) is 0 Å². The Hall–Kier alpha value is -2.70. The lowest BCUT2D eigenvalue weighted by atomic mass is 10.2. The van der Waals surface area contributed by atoms with E-state index >= 15 is 0 Å². The van der Waals surface area contributed by atoms with Gasteiger partial charge in [-0.25, -0.2) is 5.48 Å². The maximum atomic E-state index is 12.7. The van der Waals surface area contributed by atoms with E-state index in [-0.39, 0.29) is 18.4 Å². The highest BCUT2D eigenvalue weighted by molar-refractivity contribution is 6.01. The smallest absolute Gasteiger partial charge is 0.245 e. The Morgan fingerprint density at radius 3 is 1.96 bits per heavy atom. The molecule has 0 bridgehead atoms. The number of carbonyl (C=O) groups is 2. The summed E-state index contributed by atoms with van der Waals surface area (Å²) in [6.07, 6.45) is 2.74. The Kier molecular flexibility index (Phi) is 8.32. The third kappa shape index (κ3) is 6.31. The number of hydrogen-bond donors (Lipinski definition) is 3. The second-order valence-corrected chi connectivity index (χ2v) is 5.92. The predicted molar refractivity (Wildman–Crippen MR) is 101 cm³/mol.